The molecule has 0 saturated heterocycles. The van der Waals surface area contributed by atoms with E-state index in [1.54, 1.807) is 12.1 Å². The molecule has 0 aromatic heterocycles. The number of halogens is 1. The van der Waals surface area contributed by atoms with Crippen LogP contribution in [-0.2, 0) is 10.0 Å². The molecule has 29 heavy (non-hydrogen) atoms. The Bertz CT molecular complexity index is 993. The molecule has 0 fully saturated rings. The lowest BCUT2D eigenvalue weighted by Crippen LogP contribution is -2.42. The van der Waals surface area contributed by atoms with Crippen LogP contribution in [0.5, 0.6) is 0 Å². The Balaban J connectivity index is 2.37. The number of carbonyl (C=O) groups is 1. The highest BCUT2D eigenvalue weighted by Crippen LogP contribution is 2.27. The van der Waals surface area contributed by atoms with Crippen LogP contribution in [0.15, 0.2) is 41.3 Å². The summed E-state index contributed by atoms with van der Waals surface area (Å²) >= 11 is 6.18. The van der Waals surface area contributed by atoms with Gasteiger partial charge < -0.3 is 5.32 Å². The Morgan fingerprint density at radius 2 is 1.62 bits per heavy atom. The second-order valence-electron chi connectivity index (χ2n) is 7.99. The number of sulfonamides is 1. The van der Waals surface area contributed by atoms with Crippen LogP contribution in [0.25, 0.3) is 0 Å². The Hall–Kier alpha value is -2.05. The van der Waals surface area contributed by atoms with Gasteiger partial charge in [-0.15, -0.1) is 0 Å². The largest absolute Gasteiger partial charge is 0.349 e. The average Bonchev–Trinajstić information content (AvgIpc) is 2.62. The van der Waals surface area contributed by atoms with Crippen molar-refractivity contribution in [3.8, 4) is 0 Å². The second kappa shape index (κ2) is 9.18. The van der Waals surface area contributed by atoms with Crippen LogP contribution in [0.2, 0.25) is 5.02 Å². The van der Waals surface area contributed by atoms with Crippen LogP contribution in [0.1, 0.15) is 49.2 Å². The zero-order valence-electron chi connectivity index (χ0n) is 17.7. The third-order valence-electron chi connectivity index (χ3n) is 5.07. The summed E-state index contributed by atoms with van der Waals surface area (Å²) in [6, 6.07) is 9.66. The van der Waals surface area contributed by atoms with E-state index in [2.05, 4.69) is 10.0 Å². The second-order valence-corrected chi connectivity index (χ2v) is 10.0. The molecule has 0 radical (unpaired) electrons. The van der Waals surface area contributed by atoms with E-state index in [-0.39, 0.29) is 39.3 Å². The molecule has 0 atom stereocenters. The summed E-state index contributed by atoms with van der Waals surface area (Å²) in [5, 5.41) is 3.06. The normalized spacial score (nSPS) is 11.9. The van der Waals surface area contributed by atoms with Crippen molar-refractivity contribution in [1.29, 1.82) is 0 Å². The molecule has 2 N–H and O–H groups in total. The number of hydrogen-bond donors (Lipinski definition) is 2. The number of hydrogen-bond acceptors (Lipinski definition) is 3. The van der Waals surface area contributed by atoms with Gasteiger partial charge in [-0.25, -0.2) is 8.42 Å². The lowest BCUT2D eigenvalue weighted by molar-refractivity contribution is 0.0910. The minimum absolute atomic E-state index is 0.0219. The summed E-state index contributed by atoms with van der Waals surface area (Å²) in [5.41, 5.74) is 2.54. The molecule has 2 aromatic carbocycles. The van der Waals surface area contributed by atoms with E-state index in [0.717, 1.165) is 11.1 Å². The number of aryl methyl sites for hydroxylation is 1. The Morgan fingerprint density at radius 1 is 1.00 bits per heavy atom. The molecule has 0 bridgehead atoms. The Labute approximate surface area is 178 Å². The van der Waals surface area contributed by atoms with Crippen LogP contribution in [0.3, 0.4) is 0 Å². The molecular formula is C22H29ClN2O3S. The monoisotopic (exact) mass is 436 g/mol. The zero-order valence-corrected chi connectivity index (χ0v) is 19.3. The van der Waals surface area contributed by atoms with Gasteiger partial charge >= 0.3 is 0 Å². The van der Waals surface area contributed by atoms with Gasteiger partial charge in [0.05, 0.1) is 10.7 Å². The first kappa shape index (κ1) is 23.2. The molecule has 0 unspecified atom stereocenters. The van der Waals surface area contributed by atoms with E-state index in [1.165, 1.54) is 18.2 Å². The van der Waals surface area contributed by atoms with Crippen molar-refractivity contribution in [2.45, 2.75) is 52.5 Å². The molecular weight excluding hydrogens is 408 g/mol. The van der Waals surface area contributed by atoms with Gasteiger partial charge in [0.15, 0.2) is 0 Å². The molecule has 0 aliphatic carbocycles. The molecule has 0 heterocycles. The summed E-state index contributed by atoms with van der Waals surface area (Å²) in [4.78, 5) is 12.6. The van der Waals surface area contributed by atoms with Gasteiger partial charge in [0.25, 0.3) is 15.9 Å². The third-order valence-corrected chi connectivity index (χ3v) is 6.91. The molecule has 0 saturated carbocycles. The summed E-state index contributed by atoms with van der Waals surface area (Å²) in [6.45, 7) is 11.9. The van der Waals surface area contributed by atoms with Crippen LogP contribution in [-0.4, -0.2) is 20.4 Å². The summed E-state index contributed by atoms with van der Waals surface area (Å²) < 4.78 is 28.5. The fraction of sp³-hybridized carbons (Fsp3) is 0.409. The number of amides is 1. The van der Waals surface area contributed by atoms with E-state index in [1.807, 2.05) is 47.6 Å². The molecule has 0 aliphatic rings. The topological polar surface area (TPSA) is 75.3 Å². The molecule has 158 valence electrons. The number of nitrogens with one attached hydrogen (secondary N) is 2. The van der Waals surface area contributed by atoms with Gasteiger partial charge in [0, 0.05) is 11.6 Å². The van der Waals surface area contributed by atoms with Gasteiger partial charge in [-0.2, -0.15) is 0 Å². The van der Waals surface area contributed by atoms with E-state index in [9.17, 15) is 13.2 Å². The van der Waals surface area contributed by atoms with Gasteiger partial charge in [0.1, 0.15) is 4.90 Å². The number of anilines is 1. The van der Waals surface area contributed by atoms with Crippen molar-refractivity contribution >= 4 is 33.2 Å². The highest BCUT2D eigenvalue weighted by atomic mass is 35.5. The SMILES string of the molecule is Cc1cccc(NS(=O)(=O)c2cc(C(=O)NC(C(C)C)C(C)C)ccc2Cl)c1C. The molecule has 1 amide bonds. The smallest absolute Gasteiger partial charge is 0.263 e. The van der Waals surface area contributed by atoms with Crippen molar-refractivity contribution in [1.82, 2.24) is 5.32 Å². The van der Waals surface area contributed by atoms with Gasteiger partial charge in [-0.1, -0.05) is 51.4 Å². The fourth-order valence-electron chi connectivity index (χ4n) is 3.25. The molecule has 2 rings (SSSR count). The molecule has 2 aromatic rings. The standard InChI is InChI=1S/C22H29ClN2O3S/c1-13(2)21(14(3)4)24-22(26)17-10-11-18(23)20(12-17)29(27,28)25-19-9-7-8-15(5)16(19)6/h7-14,21,25H,1-6H3,(H,24,26). The lowest BCUT2D eigenvalue weighted by Gasteiger charge is -2.26. The summed E-state index contributed by atoms with van der Waals surface area (Å²) in [6.07, 6.45) is 0. The average molecular weight is 437 g/mol. The zero-order chi connectivity index (χ0) is 21.9. The van der Waals surface area contributed by atoms with Crippen molar-refractivity contribution < 1.29 is 13.2 Å². The van der Waals surface area contributed by atoms with Crippen LogP contribution in [0, 0.1) is 25.7 Å². The van der Waals surface area contributed by atoms with Crippen LogP contribution >= 0.6 is 11.6 Å². The number of carbonyl (C=O) groups excluding carboxylic acids is 1. The van der Waals surface area contributed by atoms with Crippen molar-refractivity contribution in [3.05, 3.63) is 58.1 Å². The highest BCUT2D eigenvalue weighted by molar-refractivity contribution is 7.92. The Morgan fingerprint density at radius 3 is 2.21 bits per heavy atom. The summed E-state index contributed by atoms with van der Waals surface area (Å²) in [7, 11) is -3.96. The lowest BCUT2D eigenvalue weighted by atomic mass is 9.93. The van der Waals surface area contributed by atoms with E-state index in [0.29, 0.717) is 5.69 Å². The first-order valence-corrected chi connectivity index (χ1v) is 11.5. The Kier molecular flexibility index (Phi) is 7.35. The fourth-order valence-corrected chi connectivity index (χ4v) is 4.90. The molecule has 7 heteroatoms. The van der Waals surface area contributed by atoms with E-state index < -0.39 is 10.0 Å². The van der Waals surface area contributed by atoms with Gasteiger partial charge in [-0.3, -0.25) is 9.52 Å². The maximum atomic E-state index is 13.0. The summed E-state index contributed by atoms with van der Waals surface area (Å²) in [5.74, 6) is 0.179. The van der Waals surface area contributed by atoms with Crippen molar-refractivity contribution in [2.75, 3.05) is 4.72 Å². The predicted octanol–water partition coefficient (Wildman–Crippen LogP) is 5.17. The minimum atomic E-state index is -3.96. The van der Waals surface area contributed by atoms with E-state index >= 15 is 0 Å². The molecule has 5 nitrogen and oxygen atoms in total. The van der Waals surface area contributed by atoms with Crippen molar-refractivity contribution in [3.63, 3.8) is 0 Å². The number of rotatable bonds is 7. The third kappa shape index (κ3) is 5.52. The minimum Gasteiger partial charge on any atom is -0.349 e. The van der Waals surface area contributed by atoms with Crippen molar-refractivity contribution in [2.24, 2.45) is 11.8 Å². The van der Waals surface area contributed by atoms with E-state index in [4.69, 9.17) is 11.6 Å². The quantitative estimate of drug-likeness (QED) is 0.628. The van der Waals surface area contributed by atoms with Crippen LogP contribution in [0.4, 0.5) is 5.69 Å². The molecule has 0 aliphatic heterocycles. The maximum absolute atomic E-state index is 13.0. The van der Waals surface area contributed by atoms with Gasteiger partial charge in [-0.05, 0) is 61.1 Å². The van der Waals surface area contributed by atoms with Gasteiger partial charge in [0.2, 0.25) is 0 Å². The van der Waals surface area contributed by atoms with Crippen LogP contribution < -0.4 is 10.0 Å². The maximum Gasteiger partial charge on any atom is 0.263 e. The molecule has 0 spiro atoms. The first-order valence-electron chi connectivity index (χ1n) is 9.63. The highest BCUT2D eigenvalue weighted by Gasteiger charge is 2.24. The number of benzene rings is 2. The first-order chi connectivity index (χ1) is 13.4. The predicted molar refractivity (Wildman–Crippen MR) is 119 cm³/mol.